The van der Waals surface area contributed by atoms with Gasteiger partial charge >= 0.3 is 6.18 Å². The lowest BCUT2D eigenvalue weighted by Crippen LogP contribution is -2.06. The predicted octanol–water partition coefficient (Wildman–Crippen LogP) is 6.66. The monoisotopic (exact) mass is 413 g/mol. The number of anilines is 2. The lowest BCUT2D eigenvalue weighted by atomic mass is 10.1. The number of nitrogens with zero attached hydrogens (tertiary/aromatic N) is 2. The van der Waals surface area contributed by atoms with Crippen molar-refractivity contribution in [1.29, 1.82) is 0 Å². The second-order valence-corrected chi connectivity index (χ2v) is 8.02. The van der Waals surface area contributed by atoms with E-state index in [-0.39, 0.29) is 0 Å². The van der Waals surface area contributed by atoms with Crippen LogP contribution >= 0.6 is 11.3 Å². The number of hydrogen-bond acceptors (Lipinski definition) is 4. The maximum atomic E-state index is 13.1. The Morgan fingerprint density at radius 3 is 2.45 bits per heavy atom. The number of nitrogens with one attached hydrogen (secondary N) is 1. The number of rotatable bonds is 4. The Bertz CT molecular complexity index is 1170. The predicted molar refractivity (Wildman–Crippen MR) is 111 cm³/mol. The molecular weight excluding hydrogens is 395 g/mol. The third-order valence-electron chi connectivity index (χ3n) is 4.73. The van der Waals surface area contributed by atoms with Gasteiger partial charge in [0.25, 0.3) is 0 Å². The van der Waals surface area contributed by atoms with E-state index in [4.69, 9.17) is 4.98 Å². The zero-order valence-electron chi connectivity index (χ0n) is 15.8. The van der Waals surface area contributed by atoms with Gasteiger partial charge in [0.2, 0.25) is 0 Å². The van der Waals surface area contributed by atoms with Crippen LogP contribution in [0, 0.1) is 13.8 Å². The van der Waals surface area contributed by atoms with E-state index < -0.39 is 11.7 Å². The minimum absolute atomic E-state index is 0.341. The topological polar surface area (TPSA) is 37.8 Å². The molecule has 0 atom stereocenters. The molecule has 0 saturated carbocycles. The smallest absolute Gasteiger partial charge is 0.340 e. The van der Waals surface area contributed by atoms with Crippen LogP contribution in [0.15, 0.2) is 54.6 Å². The van der Waals surface area contributed by atoms with E-state index in [9.17, 15) is 13.2 Å². The van der Waals surface area contributed by atoms with Gasteiger partial charge in [-0.3, -0.25) is 0 Å². The summed E-state index contributed by atoms with van der Waals surface area (Å²) in [4.78, 5) is 11.3. The molecule has 148 valence electrons. The van der Waals surface area contributed by atoms with Gasteiger partial charge in [0.05, 0.1) is 10.9 Å². The summed E-state index contributed by atoms with van der Waals surface area (Å²) in [7, 11) is 0. The second-order valence-electron chi connectivity index (χ2n) is 6.82. The fraction of sp³-hybridized carbons (Fsp3) is 0.182. The van der Waals surface area contributed by atoms with Crippen LogP contribution in [0.2, 0.25) is 0 Å². The summed E-state index contributed by atoms with van der Waals surface area (Å²) < 4.78 is 39.2. The fourth-order valence-electron chi connectivity index (χ4n) is 3.15. The van der Waals surface area contributed by atoms with Crippen molar-refractivity contribution >= 4 is 33.1 Å². The van der Waals surface area contributed by atoms with Gasteiger partial charge in [-0.05, 0) is 43.2 Å². The standard InChI is InChI=1S/C22H18F3N3S/c1-13-14(2)29-21-19(13)20(26-17-10-6-9-16(12-17)22(23,24)25)27-18(28-21)11-15-7-4-3-5-8-15/h3-10,12H,11H2,1-2H3,(H,26,27,28). The normalized spacial score (nSPS) is 11.8. The molecule has 0 unspecified atom stereocenters. The molecule has 3 nitrogen and oxygen atoms in total. The average molecular weight is 413 g/mol. The van der Waals surface area contributed by atoms with Crippen LogP contribution in [-0.4, -0.2) is 9.97 Å². The molecule has 4 aromatic rings. The SMILES string of the molecule is Cc1sc2nc(Cc3ccccc3)nc(Nc3cccc(C(F)(F)F)c3)c2c1C. The van der Waals surface area contributed by atoms with Gasteiger partial charge in [-0.1, -0.05) is 36.4 Å². The first kappa shape index (κ1) is 19.4. The highest BCUT2D eigenvalue weighted by atomic mass is 32.1. The summed E-state index contributed by atoms with van der Waals surface area (Å²) in [6, 6.07) is 15.0. The number of benzene rings is 2. The molecule has 2 heterocycles. The van der Waals surface area contributed by atoms with Crippen molar-refractivity contribution in [2.75, 3.05) is 5.32 Å². The Hall–Kier alpha value is -2.93. The molecule has 29 heavy (non-hydrogen) atoms. The van der Waals surface area contributed by atoms with Gasteiger partial charge in [-0.15, -0.1) is 11.3 Å². The number of alkyl halides is 3. The summed E-state index contributed by atoms with van der Waals surface area (Å²) in [5.74, 6) is 1.15. The van der Waals surface area contributed by atoms with Crippen LogP contribution in [0.25, 0.3) is 10.2 Å². The first-order valence-electron chi connectivity index (χ1n) is 9.06. The molecule has 1 N–H and O–H groups in total. The maximum Gasteiger partial charge on any atom is 0.416 e. The average Bonchev–Trinajstić information content (AvgIpc) is 2.96. The van der Waals surface area contributed by atoms with Crippen molar-refractivity contribution in [3.63, 3.8) is 0 Å². The van der Waals surface area contributed by atoms with Crippen molar-refractivity contribution in [3.8, 4) is 0 Å². The molecule has 0 bridgehead atoms. The number of hydrogen-bond donors (Lipinski definition) is 1. The molecule has 4 rings (SSSR count). The van der Waals surface area contributed by atoms with Gasteiger partial charge in [0.1, 0.15) is 16.5 Å². The van der Waals surface area contributed by atoms with E-state index in [1.54, 1.807) is 17.4 Å². The molecule has 0 saturated heterocycles. The van der Waals surface area contributed by atoms with Crippen molar-refractivity contribution < 1.29 is 13.2 Å². The molecule has 0 aliphatic heterocycles. The quantitative estimate of drug-likeness (QED) is 0.406. The Balaban J connectivity index is 1.78. The largest absolute Gasteiger partial charge is 0.416 e. The van der Waals surface area contributed by atoms with E-state index in [1.807, 2.05) is 44.2 Å². The maximum absolute atomic E-state index is 13.1. The fourth-order valence-corrected chi connectivity index (χ4v) is 4.20. The third kappa shape index (κ3) is 4.10. The molecule has 2 aromatic carbocycles. The van der Waals surface area contributed by atoms with E-state index >= 15 is 0 Å². The minimum atomic E-state index is -4.40. The van der Waals surface area contributed by atoms with E-state index in [1.165, 1.54) is 6.07 Å². The lowest BCUT2D eigenvalue weighted by Gasteiger charge is -2.12. The molecule has 2 aromatic heterocycles. The first-order valence-corrected chi connectivity index (χ1v) is 9.88. The Morgan fingerprint density at radius 1 is 0.966 bits per heavy atom. The summed E-state index contributed by atoms with van der Waals surface area (Å²) >= 11 is 1.56. The highest BCUT2D eigenvalue weighted by Crippen LogP contribution is 2.36. The summed E-state index contributed by atoms with van der Waals surface area (Å²) in [6.45, 7) is 3.98. The molecule has 0 aliphatic rings. The van der Waals surface area contributed by atoms with Gasteiger partial charge in [0.15, 0.2) is 0 Å². The number of thiophene rings is 1. The van der Waals surface area contributed by atoms with E-state index in [0.29, 0.717) is 23.8 Å². The van der Waals surface area contributed by atoms with Crippen LogP contribution in [0.1, 0.15) is 27.4 Å². The third-order valence-corrected chi connectivity index (χ3v) is 5.83. The van der Waals surface area contributed by atoms with Crippen molar-refractivity contribution in [2.45, 2.75) is 26.4 Å². The van der Waals surface area contributed by atoms with Crippen molar-refractivity contribution in [2.24, 2.45) is 0 Å². The molecule has 0 radical (unpaired) electrons. The summed E-state index contributed by atoms with van der Waals surface area (Å²) in [6.07, 6.45) is -3.85. The van der Waals surface area contributed by atoms with Gasteiger partial charge < -0.3 is 5.32 Å². The zero-order valence-corrected chi connectivity index (χ0v) is 16.7. The number of halogens is 3. The number of aromatic nitrogens is 2. The first-order chi connectivity index (χ1) is 13.8. The Morgan fingerprint density at radius 2 is 1.72 bits per heavy atom. The van der Waals surface area contributed by atoms with Gasteiger partial charge in [-0.25, -0.2) is 9.97 Å². The van der Waals surface area contributed by atoms with Crippen LogP contribution < -0.4 is 5.32 Å². The van der Waals surface area contributed by atoms with E-state index in [2.05, 4.69) is 10.3 Å². The molecular formula is C22H18F3N3S. The van der Waals surface area contributed by atoms with Crippen LogP contribution in [0.3, 0.4) is 0 Å². The van der Waals surface area contributed by atoms with E-state index in [0.717, 1.165) is 38.4 Å². The summed E-state index contributed by atoms with van der Waals surface area (Å²) in [5.41, 5.74) is 1.75. The second kappa shape index (κ2) is 7.48. The van der Waals surface area contributed by atoms with Crippen LogP contribution in [0.4, 0.5) is 24.7 Å². The molecule has 0 spiro atoms. The zero-order chi connectivity index (χ0) is 20.6. The van der Waals surface area contributed by atoms with Gasteiger partial charge in [-0.2, -0.15) is 13.2 Å². The lowest BCUT2D eigenvalue weighted by molar-refractivity contribution is -0.137. The highest BCUT2D eigenvalue weighted by molar-refractivity contribution is 7.18. The Kier molecular flexibility index (Phi) is 5.00. The summed E-state index contributed by atoms with van der Waals surface area (Å²) in [5, 5.41) is 3.94. The minimum Gasteiger partial charge on any atom is -0.340 e. The number of fused-ring (bicyclic) bond motifs is 1. The molecule has 0 aliphatic carbocycles. The van der Waals surface area contributed by atoms with Crippen LogP contribution in [0.5, 0.6) is 0 Å². The Labute approximate surface area is 170 Å². The van der Waals surface area contributed by atoms with Gasteiger partial charge in [0, 0.05) is 17.0 Å². The molecule has 0 fully saturated rings. The number of aryl methyl sites for hydroxylation is 2. The highest BCUT2D eigenvalue weighted by Gasteiger charge is 2.30. The molecule has 7 heteroatoms. The van der Waals surface area contributed by atoms with Crippen molar-refractivity contribution in [3.05, 3.63) is 82.0 Å². The van der Waals surface area contributed by atoms with Crippen molar-refractivity contribution in [1.82, 2.24) is 9.97 Å². The van der Waals surface area contributed by atoms with Crippen LogP contribution in [-0.2, 0) is 12.6 Å². The molecule has 0 amide bonds.